The standard InChI is InChI=1S/C23H20ClN3O6S/c1-15(28)26-18-8-10-19(11-9-18)34(30,31)33-22-20(24)12-16(13-21(22)32-2)14-25-27-23(29)17-6-4-3-5-7-17/h3-14H,1-2H3,(H,26,28)(H,27,29)/b25-14-. The number of amides is 2. The van der Waals surface area contributed by atoms with Crippen molar-refractivity contribution in [3.63, 3.8) is 0 Å². The van der Waals surface area contributed by atoms with Crippen LogP contribution in [0, 0.1) is 0 Å². The number of carbonyl (C=O) groups is 2. The van der Waals surface area contributed by atoms with E-state index in [1.807, 2.05) is 0 Å². The number of ether oxygens (including phenoxy) is 1. The zero-order valence-electron chi connectivity index (χ0n) is 18.1. The summed E-state index contributed by atoms with van der Waals surface area (Å²) in [6.45, 7) is 1.34. The first-order valence-corrected chi connectivity index (χ1v) is 11.6. The molecule has 0 spiro atoms. The highest BCUT2D eigenvalue weighted by molar-refractivity contribution is 7.87. The molecule has 0 aliphatic heterocycles. The van der Waals surface area contributed by atoms with Crippen molar-refractivity contribution in [1.82, 2.24) is 5.43 Å². The van der Waals surface area contributed by atoms with E-state index in [0.29, 0.717) is 16.8 Å². The lowest BCUT2D eigenvalue weighted by atomic mass is 10.2. The molecule has 0 fully saturated rings. The normalized spacial score (nSPS) is 11.1. The van der Waals surface area contributed by atoms with Crippen LogP contribution in [0.5, 0.6) is 11.5 Å². The quantitative estimate of drug-likeness (QED) is 0.274. The SMILES string of the molecule is COc1cc(/C=N\NC(=O)c2ccccc2)cc(Cl)c1OS(=O)(=O)c1ccc(NC(C)=O)cc1. The van der Waals surface area contributed by atoms with Gasteiger partial charge in [0.25, 0.3) is 5.91 Å². The number of halogens is 1. The lowest BCUT2D eigenvalue weighted by Crippen LogP contribution is -2.17. The number of rotatable bonds is 8. The van der Waals surface area contributed by atoms with Crippen molar-refractivity contribution in [3.8, 4) is 11.5 Å². The molecule has 0 heterocycles. The third kappa shape index (κ3) is 6.33. The molecule has 0 radical (unpaired) electrons. The van der Waals surface area contributed by atoms with E-state index in [2.05, 4.69) is 15.8 Å². The third-order valence-electron chi connectivity index (χ3n) is 4.32. The molecule has 2 N–H and O–H groups in total. The molecular formula is C23H20ClN3O6S. The fraction of sp³-hybridized carbons (Fsp3) is 0.0870. The minimum Gasteiger partial charge on any atom is -0.493 e. The Morgan fingerprint density at radius 2 is 1.71 bits per heavy atom. The molecule has 2 amide bonds. The molecule has 0 aliphatic rings. The first kappa shape index (κ1) is 24.7. The molecule has 0 saturated carbocycles. The summed E-state index contributed by atoms with van der Waals surface area (Å²) in [5.74, 6) is -0.848. The Morgan fingerprint density at radius 1 is 1.03 bits per heavy atom. The third-order valence-corrected chi connectivity index (χ3v) is 5.84. The van der Waals surface area contributed by atoms with Gasteiger partial charge >= 0.3 is 10.1 Å². The van der Waals surface area contributed by atoms with Crippen molar-refractivity contribution < 1.29 is 26.9 Å². The zero-order chi connectivity index (χ0) is 24.7. The Morgan fingerprint density at radius 3 is 2.32 bits per heavy atom. The van der Waals surface area contributed by atoms with Crippen LogP contribution in [0.2, 0.25) is 5.02 Å². The van der Waals surface area contributed by atoms with Crippen LogP contribution in [-0.2, 0) is 14.9 Å². The molecular weight excluding hydrogens is 482 g/mol. The van der Waals surface area contributed by atoms with Gasteiger partial charge in [-0.15, -0.1) is 0 Å². The molecule has 0 aromatic heterocycles. The van der Waals surface area contributed by atoms with Gasteiger partial charge in [0.05, 0.1) is 18.3 Å². The molecule has 0 aliphatic carbocycles. The van der Waals surface area contributed by atoms with Crippen LogP contribution in [0.1, 0.15) is 22.8 Å². The van der Waals surface area contributed by atoms with E-state index in [1.165, 1.54) is 56.6 Å². The first-order valence-electron chi connectivity index (χ1n) is 9.78. The van der Waals surface area contributed by atoms with E-state index >= 15 is 0 Å². The lowest BCUT2D eigenvalue weighted by molar-refractivity contribution is -0.114. The molecule has 0 unspecified atom stereocenters. The summed E-state index contributed by atoms with van der Waals surface area (Å²) < 4.78 is 35.9. The average Bonchev–Trinajstić information content (AvgIpc) is 2.81. The van der Waals surface area contributed by atoms with E-state index in [0.717, 1.165) is 0 Å². The van der Waals surface area contributed by atoms with Crippen molar-refractivity contribution in [2.75, 3.05) is 12.4 Å². The maximum atomic E-state index is 12.7. The zero-order valence-corrected chi connectivity index (χ0v) is 19.7. The summed E-state index contributed by atoms with van der Waals surface area (Å²) in [7, 11) is -2.93. The van der Waals surface area contributed by atoms with E-state index in [9.17, 15) is 18.0 Å². The molecule has 9 nitrogen and oxygen atoms in total. The number of nitrogens with zero attached hydrogens (tertiary/aromatic N) is 1. The van der Waals surface area contributed by atoms with Gasteiger partial charge in [0, 0.05) is 18.2 Å². The molecule has 0 atom stereocenters. The molecule has 176 valence electrons. The number of hydrogen-bond acceptors (Lipinski definition) is 7. The summed E-state index contributed by atoms with van der Waals surface area (Å²) in [6, 6.07) is 16.8. The Hall–Kier alpha value is -3.89. The van der Waals surface area contributed by atoms with Gasteiger partial charge in [-0.1, -0.05) is 29.8 Å². The van der Waals surface area contributed by atoms with Crippen LogP contribution in [0.15, 0.2) is 76.7 Å². The second kappa shape index (κ2) is 10.8. The van der Waals surface area contributed by atoms with Gasteiger partial charge in [-0.2, -0.15) is 13.5 Å². The van der Waals surface area contributed by atoms with E-state index in [1.54, 1.807) is 30.3 Å². The second-order valence-electron chi connectivity index (χ2n) is 6.84. The van der Waals surface area contributed by atoms with Gasteiger partial charge in [0.15, 0.2) is 5.75 Å². The number of nitrogens with one attached hydrogen (secondary N) is 2. The molecule has 3 aromatic rings. The van der Waals surface area contributed by atoms with Crippen molar-refractivity contribution >= 4 is 45.4 Å². The Kier molecular flexibility index (Phi) is 7.87. The number of hydrazone groups is 1. The van der Waals surface area contributed by atoms with Crippen LogP contribution >= 0.6 is 11.6 Å². The Balaban J connectivity index is 1.77. The summed E-state index contributed by atoms with van der Waals surface area (Å²) in [6.07, 6.45) is 1.33. The van der Waals surface area contributed by atoms with Gasteiger partial charge < -0.3 is 14.2 Å². The lowest BCUT2D eigenvalue weighted by Gasteiger charge is -2.13. The van der Waals surface area contributed by atoms with Crippen molar-refractivity contribution in [3.05, 3.63) is 82.9 Å². The fourth-order valence-electron chi connectivity index (χ4n) is 2.78. The molecule has 11 heteroatoms. The van der Waals surface area contributed by atoms with Gasteiger partial charge in [0.2, 0.25) is 11.7 Å². The number of anilines is 1. The van der Waals surface area contributed by atoms with Crippen LogP contribution in [-0.4, -0.2) is 33.6 Å². The number of benzene rings is 3. The summed E-state index contributed by atoms with van der Waals surface area (Å²) in [5, 5.41) is 6.39. The molecule has 34 heavy (non-hydrogen) atoms. The van der Waals surface area contributed by atoms with Gasteiger partial charge in [-0.3, -0.25) is 9.59 Å². The molecule has 0 bridgehead atoms. The topological polar surface area (TPSA) is 123 Å². The highest BCUT2D eigenvalue weighted by atomic mass is 35.5. The average molecular weight is 502 g/mol. The van der Waals surface area contributed by atoms with Crippen molar-refractivity contribution in [1.29, 1.82) is 0 Å². The Labute approximate surface area is 201 Å². The van der Waals surface area contributed by atoms with Crippen LogP contribution in [0.25, 0.3) is 0 Å². The number of methoxy groups -OCH3 is 1. The predicted octanol–water partition coefficient (Wildman–Crippen LogP) is 3.84. The van der Waals surface area contributed by atoms with Crippen LogP contribution < -0.4 is 19.7 Å². The van der Waals surface area contributed by atoms with Gasteiger partial charge in [-0.25, -0.2) is 5.43 Å². The molecule has 0 saturated heterocycles. The first-order chi connectivity index (χ1) is 16.2. The maximum absolute atomic E-state index is 12.7. The Bertz CT molecular complexity index is 1330. The molecule has 3 rings (SSSR count). The minimum atomic E-state index is -4.25. The van der Waals surface area contributed by atoms with Crippen LogP contribution in [0.3, 0.4) is 0 Å². The monoisotopic (exact) mass is 501 g/mol. The minimum absolute atomic E-state index is 0.0433. The van der Waals surface area contributed by atoms with Crippen molar-refractivity contribution in [2.24, 2.45) is 5.10 Å². The van der Waals surface area contributed by atoms with E-state index in [4.69, 9.17) is 20.5 Å². The molecule has 3 aromatic carbocycles. The fourth-order valence-corrected chi connectivity index (χ4v) is 4.04. The predicted molar refractivity (Wildman–Crippen MR) is 128 cm³/mol. The highest BCUT2D eigenvalue weighted by Gasteiger charge is 2.22. The van der Waals surface area contributed by atoms with Crippen LogP contribution in [0.4, 0.5) is 5.69 Å². The van der Waals surface area contributed by atoms with Gasteiger partial charge in [0.1, 0.15) is 4.90 Å². The summed E-state index contributed by atoms with van der Waals surface area (Å²) in [5.41, 5.74) is 3.69. The largest absolute Gasteiger partial charge is 0.493 e. The van der Waals surface area contributed by atoms with Crippen molar-refractivity contribution in [2.45, 2.75) is 11.8 Å². The number of carbonyl (C=O) groups excluding carboxylic acids is 2. The number of hydrogen-bond donors (Lipinski definition) is 2. The second-order valence-corrected chi connectivity index (χ2v) is 8.80. The summed E-state index contributed by atoms with van der Waals surface area (Å²) >= 11 is 6.26. The van der Waals surface area contributed by atoms with E-state index in [-0.39, 0.29) is 27.3 Å². The van der Waals surface area contributed by atoms with Gasteiger partial charge in [-0.05, 0) is 54.1 Å². The maximum Gasteiger partial charge on any atom is 0.339 e. The summed E-state index contributed by atoms with van der Waals surface area (Å²) in [4.78, 5) is 23.0. The smallest absolute Gasteiger partial charge is 0.339 e. The highest BCUT2D eigenvalue weighted by Crippen LogP contribution is 2.38. The van der Waals surface area contributed by atoms with E-state index < -0.39 is 16.0 Å².